The maximum absolute atomic E-state index is 14.6. The van der Waals surface area contributed by atoms with Gasteiger partial charge in [0, 0.05) is 42.2 Å². The number of amides is 3. The molecule has 2 aliphatic heterocycles. The molecule has 3 amide bonds. The Morgan fingerprint density at radius 1 is 0.960 bits per heavy atom. The van der Waals surface area contributed by atoms with Crippen molar-refractivity contribution >= 4 is 46.7 Å². The molecule has 3 aromatic carbocycles. The molecule has 6 rings (SSSR count). The van der Waals surface area contributed by atoms with Gasteiger partial charge in [-0.05, 0) is 58.5 Å². The van der Waals surface area contributed by atoms with Gasteiger partial charge in [-0.1, -0.05) is 81.4 Å². The number of hydrogen-bond donors (Lipinski definition) is 3. The lowest BCUT2D eigenvalue weighted by Crippen LogP contribution is -2.61. The van der Waals surface area contributed by atoms with Crippen molar-refractivity contribution in [3.05, 3.63) is 106 Å². The van der Waals surface area contributed by atoms with E-state index < -0.39 is 48.1 Å². The summed E-state index contributed by atoms with van der Waals surface area (Å²) < 4.78 is 40.7. The molecule has 264 valence electrons. The Bertz CT molecular complexity index is 1970. The van der Waals surface area contributed by atoms with Crippen LogP contribution in [0.15, 0.2) is 78.9 Å². The van der Waals surface area contributed by atoms with Gasteiger partial charge >= 0.3 is 13.3 Å². The van der Waals surface area contributed by atoms with Crippen LogP contribution in [0.25, 0.3) is 10.1 Å². The Morgan fingerprint density at radius 3 is 2.32 bits per heavy atom. The van der Waals surface area contributed by atoms with Crippen molar-refractivity contribution in [1.29, 1.82) is 0 Å². The Hall–Kier alpha value is -3.96. The van der Waals surface area contributed by atoms with Crippen molar-refractivity contribution in [2.24, 2.45) is 5.41 Å². The smallest absolute Gasteiger partial charge is 0.340 e. The predicted molar refractivity (Wildman–Crippen MR) is 188 cm³/mol. The summed E-state index contributed by atoms with van der Waals surface area (Å²) in [7, 11) is -5.78. The molecule has 0 spiro atoms. The van der Waals surface area contributed by atoms with Crippen molar-refractivity contribution in [3.8, 4) is 0 Å². The van der Waals surface area contributed by atoms with Gasteiger partial charge < -0.3 is 24.9 Å². The van der Waals surface area contributed by atoms with Crippen molar-refractivity contribution in [2.45, 2.75) is 70.2 Å². The Labute approximate surface area is 293 Å². The van der Waals surface area contributed by atoms with Gasteiger partial charge in [0.25, 0.3) is 5.91 Å². The molecule has 3 heterocycles. The van der Waals surface area contributed by atoms with E-state index in [1.165, 1.54) is 17.7 Å². The lowest BCUT2D eigenvalue weighted by Gasteiger charge is -2.43. The third kappa shape index (κ3) is 7.12. The summed E-state index contributed by atoms with van der Waals surface area (Å²) in [6, 6.07) is 20.6. The number of nitrogens with zero attached hydrogens (tertiary/aromatic N) is 2. The first-order chi connectivity index (χ1) is 23.5. The van der Waals surface area contributed by atoms with Crippen LogP contribution in [0, 0.1) is 5.41 Å². The number of piperidine rings is 1. The van der Waals surface area contributed by atoms with E-state index in [1.54, 1.807) is 4.90 Å². The SMILES string of the molecule is CC(C)(C)[C@H](NC(=O)c1cc2cc(C(F)(F)P(=O)(O)O)ccc2s1)C(=O)N1Cc2ccccc2CC1C(=O)N1CCCC(c2ccccc2)C1. The summed E-state index contributed by atoms with van der Waals surface area (Å²) >= 11 is 1.01. The summed E-state index contributed by atoms with van der Waals surface area (Å²) in [6.45, 7) is 6.80. The fourth-order valence-electron chi connectivity index (χ4n) is 6.89. The fraction of sp³-hybridized carbons (Fsp3) is 0.378. The highest BCUT2D eigenvalue weighted by atomic mass is 32.1. The third-order valence-corrected chi connectivity index (χ3v) is 11.8. The topological polar surface area (TPSA) is 127 Å². The summed E-state index contributed by atoms with van der Waals surface area (Å²) in [5, 5.41) is 3.08. The van der Waals surface area contributed by atoms with Crippen LogP contribution < -0.4 is 5.32 Å². The van der Waals surface area contributed by atoms with Crippen LogP contribution in [0.5, 0.6) is 0 Å². The van der Waals surface area contributed by atoms with Gasteiger partial charge in [0.1, 0.15) is 12.1 Å². The molecule has 9 nitrogen and oxygen atoms in total. The first-order valence-corrected chi connectivity index (χ1v) is 19.0. The van der Waals surface area contributed by atoms with Gasteiger partial charge in [-0.25, -0.2) is 0 Å². The fourth-order valence-corrected chi connectivity index (χ4v) is 8.31. The van der Waals surface area contributed by atoms with Crippen LogP contribution in [0.3, 0.4) is 0 Å². The van der Waals surface area contributed by atoms with Crippen LogP contribution in [-0.4, -0.2) is 62.5 Å². The zero-order chi connectivity index (χ0) is 36.0. The van der Waals surface area contributed by atoms with Crippen molar-refractivity contribution in [1.82, 2.24) is 15.1 Å². The molecule has 4 aromatic rings. The van der Waals surface area contributed by atoms with Crippen molar-refractivity contribution < 1.29 is 37.5 Å². The Morgan fingerprint density at radius 2 is 1.64 bits per heavy atom. The largest absolute Gasteiger partial charge is 0.399 e. The molecular formula is C37H40F2N3O6PS. The van der Waals surface area contributed by atoms with E-state index in [1.807, 2.05) is 68.1 Å². The number of carbonyl (C=O) groups is 3. The molecule has 3 atom stereocenters. The van der Waals surface area contributed by atoms with E-state index in [0.717, 1.165) is 47.4 Å². The van der Waals surface area contributed by atoms with E-state index in [9.17, 15) is 37.5 Å². The maximum Gasteiger partial charge on any atom is 0.399 e. The minimum atomic E-state index is -5.78. The van der Waals surface area contributed by atoms with Gasteiger partial charge in [-0.15, -0.1) is 11.3 Å². The van der Waals surface area contributed by atoms with E-state index in [-0.39, 0.29) is 28.6 Å². The number of nitrogens with one attached hydrogen (secondary N) is 1. The summed E-state index contributed by atoms with van der Waals surface area (Å²) in [5.41, 5.74) is -2.94. The van der Waals surface area contributed by atoms with Gasteiger partial charge in [0.2, 0.25) is 11.8 Å². The average molecular weight is 724 g/mol. The number of carbonyl (C=O) groups excluding carboxylic acids is 3. The minimum absolute atomic E-state index is 0.125. The van der Waals surface area contributed by atoms with E-state index in [2.05, 4.69) is 17.4 Å². The molecule has 13 heteroatoms. The number of halogens is 2. The molecule has 1 fully saturated rings. The normalized spacial score (nSPS) is 19.2. The maximum atomic E-state index is 14.6. The first kappa shape index (κ1) is 35.9. The highest BCUT2D eigenvalue weighted by Gasteiger charge is 2.50. The van der Waals surface area contributed by atoms with Crippen LogP contribution in [-0.2, 0) is 32.8 Å². The number of hydrogen-bond acceptors (Lipinski definition) is 5. The van der Waals surface area contributed by atoms with Gasteiger partial charge in [0.15, 0.2) is 0 Å². The number of benzene rings is 3. The molecule has 2 aliphatic rings. The Kier molecular flexibility index (Phi) is 9.78. The molecule has 50 heavy (non-hydrogen) atoms. The van der Waals surface area contributed by atoms with Gasteiger partial charge in [0.05, 0.1) is 4.88 Å². The van der Waals surface area contributed by atoms with Gasteiger partial charge in [-0.2, -0.15) is 8.78 Å². The van der Waals surface area contributed by atoms with Crippen molar-refractivity contribution in [3.63, 3.8) is 0 Å². The number of rotatable bonds is 7. The zero-order valence-corrected chi connectivity index (χ0v) is 29.7. The molecule has 1 saturated heterocycles. The second kappa shape index (κ2) is 13.6. The number of likely N-dealkylation sites (tertiary alicyclic amines) is 1. The molecule has 0 bridgehead atoms. The summed E-state index contributed by atoms with van der Waals surface area (Å²) in [4.78, 5) is 64.7. The van der Waals surface area contributed by atoms with Crippen LogP contribution in [0.1, 0.15) is 71.5 Å². The molecular weight excluding hydrogens is 683 g/mol. The number of alkyl halides is 2. The van der Waals surface area contributed by atoms with E-state index in [4.69, 9.17) is 0 Å². The van der Waals surface area contributed by atoms with E-state index >= 15 is 0 Å². The minimum Gasteiger partial charge on any atom is -0.340 e. The third-order valence-electron chi connectivity index (χ3n) is 9.66. The Balaban J connectivity index is 1.27. The predicted octanol–water partition coefficient (Wildman–Crippen LogP) is 6.63. The van der Waals surface area contributed by atoms with Crippen LogP contribution in [0.4, 0.5) is 8.78 Å². The lowest BCUT2D eigenvalue weighted by atomic mass is 9.84. The summed E-state index contributed by atoms with van der Waals surface area (Å²) in [6.07, 6.45) is 2.15. The molecule has 3 N–H and O–H groups in total. The zero-order valence-electron chi connectivity index (χ0n) is 28.0. The van der Waals surface area contributed by atoms with Crippen molar-refractivity contribution in [2.75, 3.05) is 13.1 Å². The van der Waals surface area contributed by atoms with Gasteiger partial charge in [-0.3, -0.25) is 18.9 Å². The second-order valence-corrected chi connectivity index (χ2v) is 16.9. The highest BCUT2D eigenvalue weighted by molar-refractivity contribution is 7.52. The number of fused-ring (bicyclic) bond motifs is 2. The first-order valence-electron chi connectivity index (χ1n) is 16.5. The van der Waals surface area contributed by atoms with Crippen LogP contribution >= 0.6 is 18.9 Å². The molecule has 0 radical (unpaired) electrons. The standard InChI is InChI=1S/C37H40F2N3O6PS/c1-36(2,3)32(40-33(43)31-20-27-18-28(15-16-30(27)50-31)37(38,39)49(46,47)48)35(45)42-22-26-13-8-7-12-24(26)19-29(42)34(44)41-17-9-14-25(21-41)23-10-5-4-6-11-23/h4-8,10-13,15-16,18,20,25,29,32H,9,14,17,19,21-22H2,1-3H3,(H,40,43)(H2,46,47,48)/t25?,29?,32-/m1/s1. The molecule has 1 aromatic heterocycles. The molecule has 2 unspecified atom stereocenters. The summed E-state index contributed by atoms with van der Waals surface area (Å²) in [5.74, 6) is -0.944. The average Bonchev–Trinajstić information content (AvgIpc) is 3.53. The number of thiophene rings is 1. The van der Waals surface area contributed by atoms with E-state index in [0.29, 0.717) is 24.2 Å². The highest BCUT2D eigenvalue weighted by Crippen LogP contribution is 2.59. The second-order valence-electron chi connectivity index (χ2n) is 14.2. The lowest BCUT2D eigenvalue weighted by molar-refractivity contribution is -0.150. The van der Waals surface area contributed by atoms with Crippen LogP contribution in [0.2, 0.25) is 0 Å². The molecule has 0 aliphatic carbocycles. The quantitative estimate of drug-likeness (QED) is 0.184. The monoisotopic (exact) mass is 723 g/mol. The molecule has 0 saturated carbocycles.